The van der Waals surface area contributed by atoms with Crippen LogP contribution >= 0.6 is 0 Å². The number of rotatable bonds is 3. The van der Waals surface area contributed by atoms with Crippen LogP contribution in [0, 0.1) is 0 Å². The summed E-state index contributed by atoms with van der Waals surface area (Å²) in [4.78, 5) is 11.1. The highest BCUT2D eigenvalue weighted by atomic mass is 16.1. The van der Waals surface area contributed by atoms with Crippen LogP contribution in [0.5, 0.6) is 0 Å². The monoisotopic (exact) mass is 266 g/mol. The fourth-order valence-electron chi connectivity index (χ4n) is 2.84. The number of fused-ring (bicyclic) bond motifs is 1. The van der Waals surface area contributed by atoms with Crippen molar-refractivity contribution in [1.82, 2.24) is 0 Å². The normalized spacial score (nSPS) is 17.3. The van der Waals surface area contributed by atoms with E-state index in [1.54, 1.807) is 12.1 Å². The second-order valence-electron chi connectivity index (χ2n) is 5.23. The molecule has 2 aromatic rings. The number of aryl methyl sites for hydroxylation is 1. The van der Waals surface area contributed by atoms with E-state index in [2.05, 4.69) is 29.6 Å². The first-order chi connectivity index (χ1) is 9.74. The average molecular weight is 266 g/mol. The molecular formula is C17H18N2O. The van der Waals surface area contributed by atoms with Crippen molar-refractivity contribution >= 4 is 11.6 Å². The van der Waals surface area contributed by atoms with Gasteiger partial charge in [-0.1, -0.05) is 24.3 Å². The lowest BCUT2D eigenvalue weighted by atomic mass is 9.87. The van der Waals surface area contributed by atoms with E-state index in [1.807, 2.05) is 12.1 Å². The highest BCUT2D eigenvalue weighted by molar-refractivity contribution is 5.93. The molecule has 3 N–H and O–H groups in total. The number of nitrogens with two attached hydrogens (primary N) is 1. The SMILES string of the molecule is NC(=O)c1ccc(NC2CCCc3ccccc32)cc1. The summed E-state index contributed by atoms with van der Waals surface area (Å²) in [6.45, 7) is 0. The molecule has 0 heterocycles. The number of benzene rings is 2. The van der Waals surface area contributed by atoms with E-state index in [0.29, 0.717) is 11.6 Å². The summed E-state index contributed by atoms with van der Waals surface area (Å²) < 4.78 is 0. The zero-order valence-corrected chi connectivity index (χ0v) is 11.3. The summed E-state index contributed by atoms with van der Waals surface area (Å²) >= 11 is 0. The lowest BCUT2D eigenvalue weighted by Gasteiger charge is -2.27. The van der Waals surface area contributed by atoms with Crippen LogP contribution in [0.3, 0.4) is 0 Å². The molecule has 1 unspecified atom stereocenters. The standard InChI is InChI=1S/C17H18N2O/c18-17(20)13-8-10-14(11-9-13)19-16-7-3-5-12-4-1-2-6-15(12)16/h1-2,4,6,8-11,16,19H,3,5,7H2,(H2,18,20). The predicted molar refractivity (Wildman–Crippen MR) is 80.7 cm³/mol. The maximum Gasteiger partial charge on any atom is 0.248 e. The van der Waals surface area contributed by atoms with Gasteiger partial charge >= 0.3 is 0 Å². The van der Waals surface area contributed by atoms with Crippen molar-refractivity contribution in [3.8, 4) is 0 Å². The van der Waals surface area contributed by atoms with Gasteiger partial charge in [0.05, 0.1) is 6.04 Å². The summed E-state index contributed by atoms with van der Waals surface area (Å²) in [7, 11) is 0. The molecule has 0 aliphatic heterocycles. The fraction of sp³-hybridized carbons (Fsp3) is 0.235. The molecule has 0 saturated heterocycles. The Bertz CT molecular complexity index is 619. The molecule has 3 heteroatoms. The molecular weight excluding hydrogens is 248 g/mol. The number of amides is 1. The molecule has 0 saturated carbocycles. The van der Waals surface area contributed by atoms with Crippen LogP contribution in [-0.4, -0.2) is 5.91 Å². The second-order valence-corrected chi connectivity index (χ2v) is 5.23. The predicted octanol–water partition coefficient (Wildman–Crippen LogP) is 3.28. The molecule has 1 aliphatic rings. The molecule has 0 fully saturated rings. The van der Waals surface area contributed by atoms with Crippen LogP contribution in [0.25, 0.3) is 0 Å². The van der Waals surface area contributed by atoms with Gasteiger partial charge < -0.3 is 11.1 Å². The van der Waals surface area contributed by atoms with Crippen LogP contribution in [0.15, 0.2) is 48.5 Å². The average Bonchev–Trinajstić information content (AvgIpc) is 2.48. The molecule has 0 radical (unpaired) electrons. The van der Waals surface area contributed by atoms with Gasteiger partial charge in [0.15, 0.2) is 0 Å². The van der Waals surface area contributed by atoms with Crippen molar-refractivity contribution in [2.24, 2.45) is 5.73 Å². The fourth-order valence-corrected chi connectivity index (χ4v) is 2.84. The van der Waals surface area contributed by atoms with Crippen LogP contribution < -0.4 is 11.1 Å². The van der Waals surface area contributed by atoms with Crippen LogP contribution in [0.4, 0.5) is 5.69 Å². The van der Waals surface area contributed by atoms with E-state index in [1.165, 1.54) is 17.5 Å². The van der Waals surface area contributed by atoms with Gasteiger partial charge in [-0.3, -0.25) is 4.79 Å². The number of primary amides is 1. The lowest BCUT2D eigenvalue weighted by Crippen LogP contribution is -2.17. The van der Waals surface area contributed by atoms with E-state index in [9.17, 15) is 4.79 Å². The second kappa shape index (κ2) is 5.37. The minimum absolute atomic E-state index is 0.347. The lowest BCUT2D eigenvalue weighted by molar-refractivity contribution is 0.100. The molecule has 1 aliphatic carbocycles. The molecule has 3 rings (SSSR count). The zero-order valence-electron chi connectivity index (χ0n) is 11.3. The maximum atomic E-state index is 11.1. The van der Waals surface area contributed by atoms with Crippen LogP contribution in [0.1, 0.15) is 40.4 Å². The van der Waals surface area contributed by atoms with Crippen molar-refractivity contribution < 1.29 is 4.79 Å². The Morgan fingerprint density at radius 1 is 1.10 bits per heavy atom. The Balaban J connectivity index is 1.80. The molecule has 1 amide bonds. The summed E-state index contributed by atoms with van der Waals surface area (Å²) in [5, 5.41) is 3.55. The topological polar surface area (TPSA) is 55.1 Å². The Labute approximate surface area is 118 Å². The summed E-state index contributed by atoms with van der Waals surface area (Å²) in [6, 6.07) is 16.3. The third-order valence-electron chi connectivity index (χ3n) is 3.88. The number of hydrogen-bond donors (Lipinski definition) is 2. The van der Waals surface area contributed by atoms with Crippen molar-refractivity contribution in [2.45, 2.75) is 25.3 Å². The highest BCUT2D eigenvalue weighted by Gasteiger charge is 2.19. The van der Waals surface area contributed by atoms with E-state index in [-0.39, 0.29) is 5.91 Å². The molecule has 102 valence electrons. The van der Waals surface area contributed by atoms with Crippen molar-refractivity contribution in [2.75, 3.05) is 5.32 Å². The van der Waals surface area contributed by atoms with Gasteiger partial charge in [-0.15, -0.1) is 0 Å². The van der Waals surface area contributed by atoms with Crippen molar-refractivity contribution in [1.29, 1.82) is 0 Å². The van der Waals surface area contributed by atoms with Gasteiger partial charge in [-0.25, -0.2) is 0 Å². The number of hydrogen-bond acceptors (Lipinski definition) is 2. The van der Waals surface area contributed by atoms with Crippen LogP contribution in [-0.2, 0) is 6.42 Å². The molecule has 1 atom stereocenters. The molecule has 3 nitrogen and oxygen atoms in total. The molecule has 0 spiro atoms. The van der Waals surface area contributed by atoms with Crippen molar-refractivity contribution in [3.63, 3.8) is 0 Å². The molecule has 0 bridgehead atoms. The first-order valence-corrected chi connectivity index (χ1v) is 6.98. The van der Waals surface area contributed by atoms with E-state index < -0.39 is 0 Å². The first-order valence-electron chi connectivity index (χ1n) is 6.98. The zero-order chi connectivity index (χ0) is 13.9. The highest BCUT2D eigenvalue weighted by Crippen LogP contribution is 2.32. The van der Waals surface area contributed by atoms with Gasteiger partial charge in [0.1, 0.15) is 0 Å². The quantitative estimate of drug-likeness (QED) is 0.895. The van der Waals surface area contributed by atoms with Gasteiger partial charge in [0, 0.05) is 11.3 Å². The van der Waals surface area contributed by atoms with Gasteiger partial charge in [-0.05, 0) is 54.7 Å². The number of carbonyl (C=O) groups is 1. The minimum Gasteiger partial charge on any atom is -0.378 e. The van der Waals surface area contributed by atoms with Crippen LogP contribution in [0.2, 0.25) is 0 Å². The third-order valence-corrected chi connectivity index (χ3v) is 3.88. The summed E-state index contributed by atoms with van der Waals surface area (Å²) in [5.74, 6) is -0.389. The molecule has 20 heavy (non-hydrogen) atoms. The van der Waals surface area contributed by atoms with E-state index in [0.717, 1.165) is 18.5 Å². The Morgan fingerprint density at radius 3 is 2.60 bits per heavy atom. The largest absolute Gasteiger partial charge is 0.378 e. The van der Waals surface area contributed by atoms with Crippen molar-refractivity contribution in [3.05, 3.63) is 65.2 Å². The smallest absolute Gasteiger partial charge is 0.248 e. The summed E-state index contributed by atoms with van der Waals surface area (Å²) in [5.41, 5.74) is 9.64. The molecule has 0 aromatic heterocycles. The van der Waals surface area contributed by atoms with Gasteiger partial charge in [0.25, 0.3) is 0 Å². The molecule has 2 aromatic carbocycles. The summed E-state index contributed by atoms with van der Waals surface area (Å²) in [6.07, 6.45) is 3.50. The Morgan fingerprint density at radius 2 is 1.85 bits per heavy atom. The van der Waals surface area contributed by atoms with Gasteiger partial charge in [-0.2, -0.15) is 0 Å². The third kappa shape index (κ3) is 2.52. The first kappa shape index (κ1) is 12.7. The Hall–Kier alpha value is -2.29. The maximum absolute atomic E-state index is 11.1. The number of nitrogens with one attached hydrogen (secondary N) is 1. The van der Waals surface area contributed by atoms with Gasteiger partial charge in [0.2, 0.25) is 5.91 Å². The number of carbonyl (C=O) groups excluding carboxylic acids is 1. The number of anilines is 1. The Kier molecular flexibility index (Phi) is 3.42. The van der Waals surface area contributed by atoms with E-state index in [4.69, 9.17) is 5.73 Å². The minimum atomic E-state index is -0.389. The van der Waals surface area contributed by atoms with E-state index >= 15 is 0 Å².